The van der Waals surface area contributed by atoms with Crippen molar-refractivity contribution in [3.63, 3.8) is 0 Å². The summed E-state index contributed by atoms with van der Waals surface area (Å²) >= 11 is 6.35. The van der Waals surface area contributed by atoms with Crippen LogP contribution in [0.1, 0.15) is 33.8 Å². The van der Waals surface area contributed by atoms with Gasteiger partial charge < -0.3 is 10.1 Å². The molecule has 6 heteroatoms. The minimum absolute atomic E-state index is 0.0540. The van der Waals surface area contributed by atoms with E-state index in [1.807, 2.05) is 54.6 Å². The zero-order valence-corrected chi connectivity index (χ0v) is 18.5. The van der Waals surface area contributed by atoms with Gasteiger partial charge >= 0.3 is 5.97 Å². The van der Waals surface area contributed by atoms with Gasteiger partial charge in [-0.15, -0.1) is 0 Å². The number of amides is 1. The number of ether oxygens (including phenoxy) is 1. The molecule has 2 unspecified atom stereocenters. The van der Waals surface area contributed by atoms with E-state index in [9.17, 15) is 9.59 Å². The molecule has 0 aliphatic heterocycles. The van der Waals surface area contributed by atoms with Crippen LogP contribution >= 0.6 is 11.6 Å². The Morgan fingerprint density at radius 1 is 1.00 bits per heavy atom. The predicted octanol–water partition coefficient (Wildman–Crippen LogP) is 5.99. The standard InChI is InChI=1S/C27H21ClN2O3/c28-24-12-21-15-29-11-10-20(21)13-25(24)30-26(31)23-14-22(23)18-6-8-19(9-7-18)27(32)33-16-17-4-2-1-3-5-17/h1-13,15,22-23H,14,16H2,(H,30,31). The van der Waals surface area contributed by atoms with E-state index < -0.39 is 0 Å². The Morgan fingerprint density at radius 3 is 2.58 bits per heavy atom. The van der Waals surface area contributed by atoms with E-state index >= 15 is 0 Å². The summed E-state index contributed by atoms with van der Waals surface area (Å²) in [5.74, 6) is -0.411. The molecule has 3 aromatic carbocycles. The van der Waals surface area contributed by atoms with Crippen LogP contribution in [-0.2, 0) is 16.1 Å². The first kappa shape index (κ1) is 21.2. The molecule has 1 fully saturated rings. The summed E-state index contributed by atoms with van der Waals surface area (Å²) < 4.78 is 5.38. The monoisotopic (exact) mass is 456 g/mol. The lowest BCUT2D eigenvalue weighted by atomic mass is 10.1. The summed E-state index contributed by atoms with van der Waals surface area (Å²) in [5, 5.41) is 5.33. The fourth-order valence-corrected chi connectivity index (χ4v) is 4.17. The minimum atomic E-state index is -0.364. The number of anilines is 1. The van der Waals surface area contributed by atoms with Crippen molar-refractivity contribution in [1.82, 2.24) is 4.98 Å². The van der Waals surface area contributed by atoms with Gasteiger partial charge in [0, 0.05) is 23.7 Å². The van der Waals surface area contributed by atoms with Gasteiger partial charge in [0.2, 0.25) is 5.91 Å². The molecule has 164 valence electrons. The maximum Gasteiger partial charge on any atom is 0.338 e. The Balaban J connectivity index is 1.19. The topological polar surface area (TPSA) is 68.3 Å². The fraction of sp³-hybridized carbons (Fsp3) is 0.148. The average Bonchev–Trinajstić information content (AvgIpc) is 3.65. The molecule has 5 nitrogen and oxygen atoms in total. The minimum Gasteiger partial charge on any atom is -0.457 e. The molecule has 0 bridgehead atoms. The Bertz CT molecular complexity index is 1320. The number of esters is 1. The van der Waals surface area contributed by atoms with E-state index in [1.54, 1.807) is 30.6 Å². The van der Waals surface area contributed by atoms with Crippen LogP contribution in [0.5, 0.6) is 0 Å². The second-order valence-corrected chi connectivity index (χ2v) is 8.58. The van der Waals surface area contributed by atoms with Crippen LogP contribution in [0.4, 0.5) is 5.69 Å². The Hall–Kier alpha value is -3.70. The summed E-state index contributed by atoms with van der Waals surface area (Å²) in [4.78, 5) is 29.2. The second kappa shape index (κ2) is 9.04. The van der Waals surface area contributed by atoms with Crippen molar-refractivity contribution in [2.24, 2.45) is 5.92 Å². The lowest BCUT2D eigenvalue weighted by Gasteiger charge is -2.09. The first-order chi connectivity index (χ1) is 16.1. The van der Waals surface area contributed by atoms with Crippen molar-refractivity contribution in [3.05, 3.63) is 107 Å². The smallest absolute Gasteiger partial charge is 0.338 e. The van der Waals surface area contributed by atoms with Gasteiger partial charge in [0.15, 0.2) is 0 Å². The third-order valence-electron chi connectivity index (χ3n) is 5.90. The van der Waals surface area contributed by atoms with Gasteiger partial charge in [-0.1, -0.05) is 54.1 Å². The van der Waals surface area contributed by atoms with Crippen LogP contribution in [0.25, 0.3) is 10.8 Å². The zero-order chi connectivity index (χ0) is 22.8. The van der Waals surface area contributed by atoms with Crippen molar-refractivity contribution in [2.75, 3.05) is 5.32 Å². The Kier molecular flexibility index (Phi) is 5.80. The van der Waals surface area contributed by atoms with Crippen molar-refractivity contribution >= 4 is 39.9 Å². The Morgan fingerprint density at radius 2 is 1.79 bits per heavy atom. The summed E-state index contributed by atoms with van der Waals surface area (Å²) in [7, 11) is 0. The SMILES string of the molecule is O=C(OCc1ccccc1)c1ccc(C2CC2C(=O)Nc2cc3ccncc3cc2Cl)cc1. The lowest BCUT2D eigenvalue weighted by Crippen LogP contribution is -2.15. The van der Waals surface area contributed by atoms with Crippen molar-refractivity contribution in [1.29, 1.82) is 0 Å². The van der Waals surface area contributed by atoms with Crippen molar-refractivity contribution in [2.45, 2.75) is 18.9 Å². The molecule has 33 heavy (non-hydrogen) atoms. The molecule has 4 aromatic rings. The normalized spacial score (nSPS) is 16.9. The van der Waals surface area contributed by atoms with E-state index in [0.29, 0.717) is 16.3 Å². The molecule has 0 spiro atoms. The summed E-state index contributed by atoms with van der Waals surface area (Å²) in [6.07, 6.45) is 4.21. The number of halogens is 1. The summed E-state index contributed by atoms with van der Waals surface area (Å²) in [6, 6.07) is 22.4. The number of hydrogen-bond donors (Lipinski definition) is 1. The summed E-state index contributed by atoms with van der Waals surface area (Å²) in [6.45, 7) is 0.236. The number of carbonyl (C=O) groups excluding carboxylic acids is 2. The van der Waals surface area contributed by atoms with Crippen LogP contribution in [0, 0.1) is 5.92 Å². The number of carbonyl (C=O) groups is 2. The first-order valence-electron chi connectivity index (χ1n) is 10.7. The number of benzene rings is 3. The highest BCUT2D eigenvalue weighted by Crippen LogP contribution is 2.48. The largest absolute Gasteiger partial charge is 0.457 e. The second-order valence-electron chi connectivity index (χ2n) is 8.18. The molecule has 1 heterocycles. The average molecular weight is 457 g/mol. The van der Waals surface area contributed by atoms with Gasteiger partial charge in [-0.25, -0.2) is 4.79 Å². The quantitative estimate of drug-likeness (QED) is 0.362. The zero-order valence-electron chi connectivity index (χ0n) is 17.7. The van der Waals surface area contributed by atoms with Crippen LogP contribution in [-0.4, -0.2) is 16.9 Å². The van der Waals surface area contributed by atoms with E-state index in [1.165, 1.54) is 0 Å². The molecule has 1 aliphatic carbocycles. The number of pyridine rings is 1. The lowest BCUT2D eigenvalue weighted by molar-refractivity contribution is -0.117. The highest BCUT2D eigenvalue weighted by atomic mass is 35.5. The van der Waals surface area contributed by atoms with Gasteiger partial charge in [-0.05, 0) is 59.2 Å². The first-order valence-corrected chi connectivity index (χ1v) is 11.1. The number of nitrogens with zero attached hydrogens (tertiary/aromatic N) is 1. The van der Waals surface area contributed by atoms with Crippen LogP contribution in [0.2, 0.25) is 5.02 Å². The molecular formula is C27H21ClN2O3. The number of hydrogen-bond acceptors (Lipinski definition) is 4. The third-order valence-corrected chi connectivity index (χ3v) is 6.21. The fourth-order valence-electron chi connectivity index (χ4n) is 3.96. The molecule has 1 aliphatic rings. The number of rotatable bonds is 6. The van der Waals surface area contributed by atoms with E-state index in [4.69, 9.17) is 16.3 Å². The molecule has 0 saturated heterocycles. The molecular weight excluding hydrogens is 436 g/mol. The van der Waals surface area contributed by atoms with E-state index in [0.717, 1.165) is 28.3 Å². The molecule has 5 rings (SSSR count). The number of aromatic nitrogens is 1. The van der Waals surface area contributed by atoms with E-state index in [2.05, 4.69) is 10.3 Å². The molecule has 1 N–H and O–H groups in total. The molecule has 2 atom stereocenters. The maximum absolute atomic E-state index is 12.8. The van der Waals surface area contributed by atoms with Crippen LogP contribution < -0.4 is 5.32 Å². The van der Waals surface area contributed by atoms with Crippen LogP contribution in [0.15, 0.2) is 85.2 Å². The molecule has 1 amide bonds. The third kappa shape index (κ3) is 4.73. The number of fused-ring (bicyclic) bond motifs is 1. The predicted molar refractivity (Wildman–Crippen MR) is 128 cm³/mol. The number of nitrogens with one attached hydrogen (secondary N) is 1. The molecule has 0 radical (unpaired) electrons. The van der Waals surface area contributed by atoms with Gasteiger partial charge in [0.25, 0.3) is 0 Å². The van der Waals surface area contributed by atoms with E-state index in [-0.39, 0.29) is 30.3 Å². The van der Waals surface area contributed by atoms with Crippen molar-refractivity contribution in [3.8, 4) is 0 Å². The molecule has 1 saturated carbocycles. The summed E-state index contributed by atoms with van der Waals surface area (Å²) in [5.41, 5.74) is 3.07. The Labute approximate surface area is 196 Å². The van der Waals surface area contributed by atoms with Gasteiger partial charge in [0.1, 0.15) is 6.61 Å². The highest BCUT2D eigenvalue weighted by molar-refractivity contribution is 6.34. The van der Waals surface area contributed by atoms with Crippen LogP contribution in [0.3, 0.4) is 0 Å². The van der Waals surface area contributed by atoms with Gasteiger partial charge in [0.05, 0.1) is 16.3 Å². The highest BCUT2D eigenvalue weighted by Gasteiger charge is 2.44. The maximum atomic E-state index is 12.8. The van der Waals surface area contributed by atoms with Gasteiger partial charge in [-0.2, -0.15) is 0 Å². The van der Waals surface area contributed by atoms with Gasteiger partial charge in [-0.3, -0.25) is 9.78 Å². The van der Waals surface area contributed by atoms with Crippen molar-refractivity contribution < 1.29 is 14.3 Å². The molecule has 1 aromatic heterocycles.